The first kappa shape index (κ1) is 21.5. The molecule has 0 bridgehead atoms. The Morgan fingerprint density at radius 3 is 2.40 bits per heavy atom. The van der Waals surface area contributed by atoms with E-state index >= 15 is 0 Å². The fourth-order valence-corrected chi connectivity index (χ4v) is 4.14. The molecule has 0 radical (unpaired) electrons. The quantitative estimate of drug-likeness (QED) is 0.444. The minimum Gasteiger partial charge on any atom is -0.311 e. The van der Waals surface area contributed by atoms with Gasteiger partial charge in [-0.1, -0.05) is 13.0 Å². The first-order chi connectivity index (χ1) is 13.9. The van der Waals surface area contributed by atoms with Gasteiger partial charge in [-0.05, 0) is 35.2 Å². The highest BCUT2D eigenvalue weighted by atomic mass is 32.2. The number of alkyl halides is 3. The summed E-state index contributed by atoms with van der Waals surface area (Å²) in [5.41, 5.74) is -2.13. The molecular formula is C19H15F3N2O5S. The van der Waals surface area contributed by atoms with Crippen molar-refractivity contribution in [1.29, 1.82) is 0 Å². The van der Waals surface area contributed by atoms with Gasteiger partial charge < -0.3 is 4.57 Å². The molecule has 0 aliphatic carbocycles. The van der Waals surface area contributed by atoms with Gasteiger partial charge in [-0.3, -0.25) is 14.9 Å². The summed E-state index contributed by atoms with van der Waals surface area (Å²) in [6.45, 7) is 1.04. The van der Waals surface area contributed by atoms with E-state index in [-0.39, 0.29) is 39.2 Å². The van der Waals surface area contributed by atoms with E-state index in [9.17, 15) is 36.5 Å². The third-order valence-corrected chi connectivity index (χ3v) is 6.45. The number of rotatable bonds is 5. The number of nitrogens with zero attached hydrogens (tertiary/aromatic N) is 2. The van der Waals surface area contributed by atoms with Gasteiger partial charge in [0.05, 0.1) is 27.7 Å². The van der Waals surface area contributed by atoms with E-state index in [1.54, 1.807) is 0 Å². The Labute approximate surface area is 168 Å². The Bertz CT molecular complexity index is 1310. The lowest BCUT2D eigenvalue weighted by Crippen LogP contribution is -2.22. The number of halogens is 3. The van der Waals surface area contributed by atoms with Crippen molar-refractivity contribution >= 4 is 26.3 Å². The van der Waals surface area contributed by atoms with Crippen LogP contribution in [-0.2, 0) is 22.6 Å². The number of benzene rings is 2. The van der Waals surface area contributed by atoms with E-state index in [4.69, 9.17) is 0 Å². The van der Waals surface area contributed by atoms with Gasteiger partial charge in [-0.2, -0.15) is 13.2 Å². The zero-order valence-electron chi connectivity index (χ0n) is 15.5. The highest BCUT2D eigenvalue weighted by Crippen LogP contribution is 2.30. The van der Waals surface area contributed by atoms with Crippen molar-refractivity contribution in [2.24, 2.45) is 0 Å². The molecule has 0 spiro atoms. The van der Waals surface area contributed by atoms with Crippen LogP contribution in [-0.4, -0.2) is 23.7 Å². The van der Waals surface area contributed by atoms with Crippen LogP contribution >= 0.6 is 0 Å². The second-order valence-corrected chi connectivity index (χ2v) is 8.75. The maximum atomic E-state index is 13.0. The summed E-state index contributed by atoms with van der Waals surface area (Å²) in [4.78, 5) is 23.0. The second-order valence-electron chi connectivity index (χ2n) is 6.50. The Morgan fingerprint density at radius 2 is 1.80 bits per heavy atom. The van der Waals surface area contributed by atoms with Crippen LogP contribution < -0.4 is 5.56 Å². The molecule has 158 valence electrons. The minimum absolute atomic E-state index is 0.000485. The van der Waals surface area contributed by atoms with E-state index in [0.717, 1.165) is 34.9 Å². The number of sulfone groups is 1. The Balaban J connectivity index is 2.18. The number of hydrogen-bond donors (Lipinski definition) is 0. The van der Waals surface area contributed by atoms with E-state index in [1.165, 1.54) is 25.3 Å². The monoisotopic (exact) mass is 440 g/mol. The average Bonchev–Trinajstić information content (AvgIpc) is 2.69. The lowest BCUT2D eigenvalue weighted by Gasteiger charge is -2.13. The number of nitro groups is 1. The molecule has 30 heavy (non-hydrogen) atoms. The van der Waals surface area contributed by atoms with Crippen LogP contribution in [0.2, 0.25) is 0 Å². The lowest BCUT2D eigenvalue weighted by atomic mass is 10.1. The van der Waals surface area contributed by atoms with Gasteiger partial charge in [0.25, 0.3) is 11.2 Å². The van der Waals surface area contributed by atoms with Crippen molar-refractivity contribution in [2.45, 2.75) is 24.5 Å². The average molecular weight is 440 g/mol. The van der Waals surface area contributed by atoms with Crippen molar-refractivity contribution in [3.05, 3.63) is 80.3 Å². The molecule has 0 unspecified atom stereocenters. The Kier molecular flexibility index (Phi) is 5.42. The highest BCUT2D eigenvalue weighted by molar-refractivity contribution is 7.91. The summed E-state index contributed by atoms with van der Waals surface area (Å²) in [5.74, 6) is -0.265. The molecule has 0 saturated heterocycles. The van der Waals surface area contributed by atoms with Crippen LogP contribution in [0, 0.1) is 10.1 Å². The highest BCUT2D eigenvalue weighted by Gasteiger charge is 2.30. The third kappa shape index (κ3) is 4.06. The van der Waals surface area contributed by atoms with E-state index in [1.807, 2.05) is 0 Å². The molecule has 3 aromatic rings. The summed E-state index contributed by atoms with van der Waals surface area (Å²) in [5, 5.41) is 11.2. The summed E-state index contributed by atoms with van der Waals surface area (Å²) in [6, 6.07) is 7.37. The summed E-state index contributed by atoms with van der Waals surface area (Å²) in [6.07, 6.45) is -3.33. The van der Waals surface area contributed by atoms with Gasteiger partial charge in [-0.15, -0.1) is 0 Å². The van der Waals surface area contributed by atoms with Crippen molar-refractivity contribution in [3.8, 4) is 0 Å². The third-order valence-electron chi connectivity index (χ3n) is 4.62. The van der Waals surface area contributed by atoms with Gasteiger partial charge in [0, 0.05) is 23.7 Å². The van der Waals surface area contributed by atoms with Crippen LogP contribution in [0.25, 0.3) is 10.8 Å². The minimum atomic E-state index is -4.64. The zero-order chi connectivity index (χ0) is 22.3. The van der Waals surface area contributed by atoms with E-state index in [2.05, 4.69) is 0 Å². The van der Waals surface area contributed by atoms with Crippen molar-refractivity contribution in [2.75, 3.05) is 5.75 Å². The zero-order valence-corrected chi connectivity index (χ0v) is 16.3. The summed E-state index contributed by atoms with van der Waals surface area (Å²) in [7, 11) is -3.76. The molecule has 0 aliphatic rings. The fourth-order valence-electron chi connectivity index (χ4n) is 3.03. The molecule has 1 heterocycles. The van der Waals surface area contributed by atoms with Crippen molar-refractivity contribution < 1.29 is 26.5 Å². The molecule has 0 N–H and O–H groups in total. The van der Waals surface area contributed by atoms with E-state index in [0.29, 0.717) is 0 Å². The molecule has 0 atom stereocenters. The Morgan fingerprint density at radius 1 is 1.10 bits per heavy atom. The van der Waals surface area contributed by atoms with E-state index < -0.39 is 32.1 Å². The molecular weight excluding hydrogens is 425 g/mol. The van der Waals surface area contributed by atoms with Gasteiger partial charge in [0.1, 0.15) is 0 Å². The maximum Gasteiger partial charge on any atom is 0.416 e. The predicted molar refractivity (Wildman–Crippen MR) is 103 cm³/mol. The van der Waals surface area contributed by atoms with Gasteiger partial charge >= 0.3 is 6.18 Å². The smallest absolute Gasteiger partial charge is 0.311 e. The molecule has 2 aromatic carbocycles. The van der Waals surface area contributed by atoms with Crippen LogP contribution in [0.5, 0.6) is 0 Å². The topological polar surface area (TPSA) is 99.3 Å². The van der Waals surface area contributed by atoms with Crippen LogP contribution in [0.15, 0.2) is 58.4 Å². The van der Waals surface area contributed by atoms with Crippen molar-refractivity contribution in [3.63, 3.8) is 0 Å². The van der Waals surface area contributed by atoms with Gasteiger partial charge in [0.15, 0.2) is 9.84 Å². The maximum absolute atomic E-state index is 13.0. The molecule has 0 aliphatic heterocycles. The normalized spacial score (nSPS) is 12.3. The summed E-state index contributed by atoms with van der Waals surface area (Å²) >= 11 is 0. The molecule has 7 nitrogen and oxygen atoms in total. The second kappa shape index (κ2) is 7.56. The molecule has 11 heteroatoms. The first-order valence-electron chi connectivity index (χ1n) is 8.64. The van der Waals surface area contributed by atoms with Crippen LogP contribution in [0.4, 0.5) is 18.9 Å². The van der Waals surface area contributed by atoms with Crippen molar-refractivity contribution in [1.82, 2.24) is 4.57 Å². The molecule has 0 fully saturated rings. The standard InChI is InChI=1S/C19H15F3N2O5S/c1-2-30(28,29)17-6-5-15(24(26)27)9-13(17)11-23-8-7-12-3-4-14(19(20,21)22)10-16(12)18(23)25/h3-10H,2,11H2,1H3. The number of non-ortho nitro benzene ring substituents is 1. The molecule has 0 amide bonds. The fraction of sp³-hybridized carbons (Fsp3) is 0.211. The molecule has 0 saturated carbocycles. The van der Waals surface area contributed by atoms with Gasteiger partial charge in [-0.25, -0.2) is 8.42 Å². The SMILES string of the molecule is CCS(=O)(=O)c1ccc([N+](=O)[O-])cc1Cn1ccc2ccc(C(F)(F)F)cc2c1=O. The van der Waals surface area contributed by atoms with Crippen LogP contribution in [0.3, 0.4) is 0 Å². The predicted octanol–water partition coefficient (Wildman–Crippen LogP) is 3.77. The summed E-state index contributed by atoms with van der Waals surface area (Å²) < 4.78 is 64.7. The molecule has 3 rings (SSSR count). The number of pyridine rings is 1. The Hall–Kier alpha value is -3.21. The lowest BCUT2D eigenvalue weighted by molar-refractivity contribution is -0.385. The molecule has 1 aromatic heterocycles. The van der Waals surface area contributed by atoms with Crippen LogP contribution in [0.1, 0.15) is 18.1 Å². The number of aromatic nitrogens is 1. The number of hydrogen-bond acceptors (Lipinski definition) is 5. The number of nitro benzene ring substituents is 1. The number of fused-ring (bicyclic) bond motifs is 1. The largest absolute Gasteiger partial charge is 0.416 e. The first-order valence-corrected chi connectivity index (χ1v) is 10.3. The van der Waals surface area contributed by atoms with Gasteiger partial charge in [0.2, 0.25) is 0 Å².